The maximum Gasteiger partial charge on any atom is 0.0354 e. The van der Waals surface area contributed by atoms with Crippen molar-refractivity contribution in [2.24, 2.45) is 11.7 Å². The first kappa shape index (κ1) is 13.6. The quantitative estimate of drug-likeness (QED) is 0.903. The van der Waals surface area contributed by atoms with Crippen LogP contribution in [0.4, 0.5) is 0 Å². The molecule has 1 aromatic carbocycles. The van der Waals surface area contributed by atoms with Gasteiger partial charge < -0.3 is 5.73 Å². The van der Waals surface area contributed by atoms with Gasteiger partial charge in [-0.1, -0.05) is 41.4 Å². The van der Waals surface area contributed by atoms with Crippen LogP contribution in [0, 0.1) is 5.92 Å². The van der Waals surface area contributed by atoms with E-state index in [0.717, 1.165) is 13.0 Å². The van der Waals surface area contributed by atoms with Crippen molar-refractivity contribution in [3.05, 3.63) is 33.8 Å². The van der Waals surface area contributed by atoms with Gasteiger partial charge in [-0.2, -0.15) is 0 Å². The van der Waals surface area contributed by atoms with Crippen LogP contribution in [0.5, 0.6) is 0 Å². The van der Waals surface area contributed by atoms with Gasteiger partial charge in [-0.05, 0) is 42.4 Å². The van der Waals surface area contributed by atoms with E-state index in [2.05, 4.69) is 46.0 Å². The minimum atomic E-state index is 0.407. The zero-order chi connectivity index (χ0) is 13.4. The van der Waals surface area contributed by atoms with E-state index in [0.29, 0.717) is 18.0 Å². The zero-order valence-electron chi connectivity index (χ0n) is 11.6. The molecule has 1 aliphatic carbocycles. The van der Waals surface area contributed by atoms with Crippen molar-refractivity contribution in [2.45, 2.75) is 44.7 Å². The molecular formula is C16H23BrN2. The molecule has 3 rings (SSSR count). The molecule has 1 saturated heterocycles. The maximum atomic E-state index is 6.23. The number of rotatable bonds is 2. The summed E-state index contributed by atoms with van der Waals surface area (Å²) in [4.78, 5) is 2.68. The van der Waals surface area contributed by atoms with Gasteiger partial charge in [-0.15, -0.1) is 0 Å². The van der Waals surface area contributed by atoms with Gasteiger partial charge in [0.15, 0.2) is 0 Å². The van der Waals surface area contributed by atoms with Gasteiger partial charge in [0, 0.05) is 29.6 Å². The van der Waals surface area contributed by atoms with Crippen LogP contribution in [0.15, 0.2) is 22.7 Å². The van der Waals surface area contributed by atoms with Crippen molar-refractivity contribution in [1.82, 2.24) is 4.90 Å². The molecule has 104 valence electrons. The van der Waals surface area contributed by atoms with Crippen molar-refractivity contribution in [3.8, 4) is 0 Å². The first-order chi connectivity index (χ1) is 9.20. The maximum absolute atomic E-state index is 6.23. The Morgan fingerprint density at radius 2 is 2.21 bits per heavy atom. The number of hydrogen-bond acceptors (Lipinski definition) is 2. The highest BCUT2D eigenvalue weighted by Gasteiger charge is 2.34. The molecule has 3 atom stereocenters. The van der Waals surface area contributed by atoms with Gasteiger partial charge >= 0.3 is 0 Å². The average Bonchev–Trinajstić information content (AvgIpc) is 2.85. The van der Waals surface area contributed by atoms with Gasteiger partial charge in [0.25, 0.3) is 0 Å². The Morgan fingerprint density at radius 1 is 1.37 bits per heavy atom. The number of hydrogen-bond donors (Lipinski definition) is 1. The summed E-state index contributed by atoms with van der Waals surface area (Å²) in [6, 6.07) is 7.68. The van der Waals surface area contributed by atoms with Crippen molar-refractivity contribution in [3.63, 3.8) is 0 Å². The highest BCUT2D eigenvalue weighted by atomic mass is 79.9. The fourth-order valence-corrected chi connectivity index (χ4v) is 4.34. The van der Waals surface area contributed by atoms with Crippen LogP contribution in [-0.4, -0.2) is 24.0 Å². The SMILES string of the molecule is CCC1CN(C2CCc3c(Br)cccc32)CCC1N. The third-order valence-electron chi connectivity index (χ3n) is 4.97. The topological polar surface area (TPSA) is 29.3 Å². The number of nitrogens with two attached hydrogens (primary N) is 1. The molecule has 0 amide bonds. The summed E-state index contributed by atoms with van der Waals surface area (Å²) in [5.74, 6) is 0.671. The second-order valence-corrected chi connectivity index (χ2v) is 6.83. The second kappa shape index (κ2) is 5.55. The second-order valence-electron chi connectivity index (χ2n) is 5.98. The van der Waals surface area contributed by atoms with E-state index < -0.39 is 0 Å². The van der Waals surface area contributed by atoms with E-state index in [4.69, 9.17) is 5.73 Å². The Labute approximate surface area is 124 Å². The molecule has 19 heavy (non-hydrogen) atoms. The lowest BCUT2D eigenvalue weighted by molar-refractivity contribution is 0.106. The summed E-state index contributed by atoms with van der Waals surface area (Å²) in [5, 5.41) is 0. The van der Waals surface area contributed by atoms with Crippen LogP contribution in [0.1, 0.15) is 43.4 Å². The van der Waals surface area contributed by atoms with Crippen LogP contribution < -0.4 is 5.73 Å². The number of nitrogens with zero attached hydrogens (tertiary/aromatic N) is 1. The molecule has 0 bridgehead atoms. The highest BCUT2D eigenvalue weighted by Crippen LogP contribution is 2.40. The van der Waals surface area contributed by atoms with Gasteiger partial charge in [0.2, 0.25) is 0 Å². The van der Waals surface area contributed by atoms with Crippen molar-refractivity contribution in [1.29, 1.82) is 0 Å². The van der Waals surface area contributed by atoms with E-state index in [-0.39, 0.29) is 0 Å². The Kier molecular flexibility index (Phi) is 3.97. The molecular weight excluding hydrogens is 300 g/mol. The molecule has 2 aliphatic rings. The minimum Gasteiger partial charge on any atom is -0.327 e. The van der Waals surface area contributed by atoms with E-state index >= 15 is 0 Å². The van der Waals surface area contributed by atoms with Crippen molar-refractivity contribution < 1.29 is 0 Å². The summed E-state index contributed by atoms with van der Waals surface area (Å²) in [7, 11) is 0. The van der Waals surface area contributed by atoms with Gasteiger partial charge in [0.05, 0.1) is 0 Å². The monoisotopic (exact) mass is 322 g/mol. The first-order valence-electron chi connectivity index (χ1n) is 7.47. The Hall–Kier alpha value is -0.380. The Bertz CT molecular complexity index is 460. The highest BCUT2D eigenvalue weighted by molar-refractivity contribution is 9.10. The van der Waals surface area contributed by atoms with Crippen LogP contribution in [-0.2, 0) is 6.42 Å². The zero-order valence-corrected chi connectivity index (χ0v) is 13.2. The predicted molar refractivity (Wildman–Crippen MR) is 83.2 cm³/mol. The molecule has 2 N–H and O–H groups in total. The number of fused-ring (bicyclic) bond motifs is 1. The Morgan fingerprint density at radius 3 is 3.00 bits per heavy atom. The molecule has 0 saturated carbocycles. The van der Waals surface area contributed by atoms with E-state index in [9.17, 15) is 0 Å². The molecule has 3 heteroatoms. The number of likely N-dealkylation sites (tertiary alicyclic amines) is 1. The van der Waals surface area contributed by atoms with Gasteiger partial charge in [-0.25, -0.2) is 0 Å². The summed E-state index contributed by atoms with van der Waals surface area (Å²) in [6.45, 7) is 4.61. The normalized spacial score (nSPS) is 31.4. The lowest BCUT2D eigenvalue weighted by atomic mass is 9.89. The van der Waals surface area contributed by atoms with Gasteiger partial charge in [-0.3, -0.25) is 4.90 Å². The standard InChI is InChI=1S/C16H23BrN2/c1-2-11-10-19(9-8-15(11)18)16-7-6-12-13(16)4-3-5-14(12)17/h3-5,11,15-16H,2,6-10,18H2,1H3. The number of halogens is 1. The Balaban J connectivity index is 1.80. The van der Waals surface area contributed by atoms with E-state index in [1.54, 1.807) is 5.56 Å². The lowest BCUT2D eigenvalue weighted by Crippen LogP contribution is -2.47. The third-order valence-corrected chi connectivity index (χ3v) is 5.71. The van der Waals surface area contributed by atoms with Crippen LogP contribution in [0.25, 0.3) is 0 Å². The van der Waals surface area contributed by atoms with Crippen LogP contribution in [0.3, 0.4) is 0 Å². The molecule has 0 aromatic heterocycles. The summed E-state index contributed by atoms with van der Waals surface area (Å²) < 4.78 is 1.29. The lowest BCUT2D eigenvalue weighted by Gasteiger charge is -2.40. The smallest absolute Gasteiger partial charge is 0.0354 e. The van der Waals surface area contributed by atoms with Crippen molar-refractivity contribution >= 4 is 15.9 Å². The number of benzene rings is 1. The molecule has 1 aliphatic heterocycles. The molecule has 2 nitrogen and oxygen atoms in total. The van der Waals surface area contributed by atoms with E-state index in [1.807, 2.05) is 0 Å². The summed E-state index contributed by atoms with van der Waals surface area (Å²) >= 11 is 3.70. The molecule has 1 heterocycles. The molecule has 0 radical (unpaired) electrons. The third kappa shape index (κ3) is 2.48. The largest absolute Gasteiger partial charge is 0.327 e. The van der Waals surface area contributed by atoms with Crippen LogP contribution >= 0.6 is 15.9 Å². The molecule has 1 fully saturated rings. The predicted octanol–water partition coefficient (Wildman–Crippen LogP) is 3.50. The fraction of sp³-hybridized carbons (Fsp3) is 0.625. The van der Waals surface area contributed by atoms with Crippen LogP contribution in [0.2, 0.25) is 0 Å². The summed E-state index contributed by atoms with van der Waals surface area (Å²) in [5.41, 5.74) is 9.30. The summed E-state index contributed by atoms with van der Waals surface area (Å²) in [6.07, 6.45) is 4.83. The molecule has 1 aromatic rings. The number of piperidine rings is 1. The minimum absolute atomic E-state index is 0.407. The molecule has 3 unspecified atom stereocenters. The van der Waals surface area contributed by atoms with E-state index in [1.165, 1.54) is 35.8 Å². The average molecular weight is 323 g/mol. The first-order valence-corrected chi connectivity index (χ1v) is 8.27. The van der Waals surface area contributed by atoms with Gasteiger partial charge in [0.1, 0.15) is 0 Å². The fourth-order valence-electron chi connectivity index (χ4n) is 3.76. The van der Waals surface area contributed by atoms with Crippen molar-refractivity contribution in [2.75, 3.05) is 13.1 Å². The molecule has 0 spiro atoms.